The molecule has 0 saturated carbocycles. The second-order valence-corrected chi connectivity index (χ2v) is 6.59. The number of nitrogens with one attached hydrogen (secondary N) is 1. The molecule has 0 bridgehead atoms. The lowest BCUT2D eigenvalue weighted by Gasteiger charge is -2.21. The molecule has 1 fully saturated rings. The smallest absolute Gasteiger partial charge is 0.268 e. The molecule has 1 saturated heterocycles. The molecule has 0 aromatic carbocycles. The summed E-state index contributed by atoms with van der Waals surface area (Å²) in [6.07, 6.45) is 2.73. The van der Waals surface area contributed by atoms with Gasteiger partial charge in [-0.3, -0.25) is 14.5 Å². The van der Waals surface area contributed by atoms with Crippen LogP contribution in [0.4, 0.5) is 5.69 Å². The van der Waals surface area contributed by atoms with Crippen LogP contribution in [0.5, 0.6) is 0 Å². The first-order chi connectivity index (χ1) is 10.9. The molecule has 0 radical (unpaired) electrons. The molecule has 1 aromatic heterocycles. The van der Waals surface area contributed by atoms with E-state index in [-0.39, 0.29) is 11.5 Å². The van der Waals surface area contributed by atoms with Crippen molar-refractivity contribution in [2.24, 2.45) is 13.0 Å². The van der Waals surface area contributed by atoms with E-state index in [1.807, 2.05) is 11.9 Å². The van der Waals surface area contributed by atoms with Crippen LogP contribution < -0.4 is 15.8 Å². The first-order valence-electron chi connectivity index (χ1n) is 8.12. The van der Waals surface area contributed by atoms with Gasteiger partial charge in [0.2, 0.25) is 5.91 Å². The molecule has 1 amide bonds. The number of amides is 1. The second kappa shape index (κ2) is 7.59. The number of aromatic nitrogens is 2. The minimum absolute atomic E-state index is 0.0647. The molecular weight excluding hydrogens is 294 g/mol. The Morgan fingerprint density at radius 3 is 2.91 bits per heavy atom. The highest BCUT2D eigenvalue weighted by Crippen LogP contribution is 2.21. The van der Waals surface area contributed by atoms with Crippen LogP contribution in [0.25, 0.3) is 0 Å². The molecule has 0 unspecified atom stereocenters. The summed E-state index contributed by atoms with van der Waals surface area (Å²) in [5, 5.41) is 7.07. The van der Waals surface area contributed by atoms with Crippen LogP contribution in [0.2, 0.25) is 0 Å². The van der Waals surface area contributed by atoms with Crippen LogP contribution in [-0.2, 0) is 11.8 Å². The minimum Gasteiger partial charge on any atom is -0.370 e. The highest BCUT2D eigenvalue weighted by atomic mass is 16.2. The molecule has 1 aromatic rings. The summed E-state index contributed by atoms with van der Waals surface area (Å²) in [6, 6.07) is 1.97. The first kappa shape index (κ1) is 17.5. The minimum atomic E-state index is -0.101. The van der Waals surface area contributed by atoms with Crippen molar-refractivity contribution in [2.45, 2.75) is 26.3 Å². The SMILES string of the molecule is CC(C)N(C)CC(=O)NC[C@@H]1CCN(c2cnn(C)c(=O)c2)C1. The van der Waals surface area contributed by atoms with Gasteiger partial charge in [-0.15, -0.1) is 0 Å². The molecule has 7 nitrogen and oxygen atoms in total. The van der Waals surface area contributed by atoms with Crippen LogP contribution in [0, 0.1) is 5.92 Å². The number of likely N-dealkylation sites (N-methyl/N-ethyl adjacent to an activating group) is 1. The summed E-state index contributed by atoms with van der Waals surface area (Å²) in [5.74, 6) is 0.474. The van der Waals surface area contributed by atoms with Crippen molar-refractivity contribution in [3.05, 3.63) is 22.6 Å². The number of carbonyl (C=O) groups excluding carboxylic acids is 1. The third-order valence-electron chi connectivity index (χ3n) is 4.47. The second-order valence-electron chi connectivity index (χ2n) is 6.59. The molecule has 1 aliphatic rings. The van der Waals surface area contributed by atoms with Crippen molar-refractivity contribution in [1.29, 1.82) is 0 Å². The van der Waals surface area contributed by atoms with Gasteiger partial charge in [0.05, 0.1) is 18.4 Å². The van der Waals surface area contributed by atoms with Crippen LogP contribution >= 0.6 is 0 Å². The van der Waals surface area contributed by atoms with Gasteiger partial charge in [-0.1, -0.05) is 0 Å². The predicted octanol–water partition coefficient (Wildman–Crippen LogP) is 0.0630. The Morgan fingerprint density at radius 1 is 1.52 bits per heavy atom. The largest absolute Gasteiger partial charge is 0.370 e. The summed E-state index contributed by atoms with van der Waals surface area (Å²) in [5.41, 5.74) is 0.762. The van der Waals surface area contributed by atoms with Crippen LogP contribution in [-0.4, -0.2) is 59.9 Å². The number of hydrogen-bond donors (Lipinski definition) is 1. The van der Waals surface area contributed by atoms with E-state index in [0.29, 0.717) is 25.0 Å². The summed E-state index contributed by atoms with van der Waals surface area (Å²) >= 11 is 0. The summed E-state index contributed by atoms with van der Waals surface area (Å²) in [7, 11) is 3.59. The number of anilines is 1. The third-order valence-corrected chi connectivity index (χ3v) is 4.47. The van der Waals surface area contributed by atoms with Crippen LogP contribution in [0.15, 0.2) is 17.1 Å². The van der Waals surface area contributed by atoms with Gasteiger partial charge in [-0.05, 0) is 33.2 Å². The molecule has 7 heteroatoms. The Hall–Kier alpha value is -1.89. The van der Waals surface area contributed by atoms with Gasteiger partial charge in [-0.25, -0.2) is 4.68 Å². The predicted molar refractivity (Wildman–Crippen MR) is 90.6 cm³/mol. The number of rotatable bonds is 6. The van der Waals surface area contributed by atoms with Crippen LogP contribution in [0.3, 0.4) is 0 Å². The van der Waals surface area contributed by atoms with Crippen molar-refractivity contribution in [3.63, 3.8) is 0 Å². The van der Waals surface area contributed by atoms with Gasteiger partial charge in [0.1, 0.15) is 0 Å². The lowest BCUT2D eigenvalue weighted by molar-refractivity contribution is -0.122. The van der Waals surface area contributed by atoms with E-state index >= 15 is 0 Å². The number of hydrogen-bond acceptors (Lipinski definition) is 5. The maximum atomic E-state index is 11.9. The zero-order valence-corrected chi connectivity index (χ0v) is 14.5. The van der Waals surface area contributed by atoms with E-state index in [0.717, 1.165) is 25.2 Å². The molecule has 1 atom stereocenters. The fourth-order valence-electron chi connectivity index (χ4n) is 2.59. The summed E-state index contributed by atoms with van der Waals surface area (Å²) < 4.78 is 1.32. The van der Waals surface area contributed by atoms with Gasteiger partial charge in [0.25, 0.3) is 5.56 Å². The molecule has 0 aliphatic carbocycles. The van der Waals surface area contributed by atoms with Crippen LogP contribution in [0.1, 0.15) is 20.3 Å². The maximum absolute atomic E-state index is 11.9. The molecule has 1 N–H and O–H groups in total. The summed E-state index contributed by atoms with van der Waals surface area (Å²) in [4.78, 5) is 27.8. The van der Waals surface area contributed by atoms with E-state index in [4.69, 9.17) is 0 Å². The lowest BCUT2D eigenvalue weighted by Crippen LogP contribution is -2.40. The highest BCUT2D eigenvalue weighted by Gasteiger charge is 2.23. The van der Waals surface area contributed by atoms with Gasteiger partial charge >= 0.3 is 0 Å². The normalized spacial score (nSPS) is 18.0. The first-order valence-corrected chi connectivity index (χ1v) is 8.12. The Labute approximate surface area is 137 Å². The van der Waals surface area contributed by atoms with Gasteiger partial charge in [0.15, 0.2) is 0 Å². The van der Waals surface area contributed by atoms with Gasteiger partial charge in [0, 0.05) is 38.8 Å². The van der Waals surface area contributed by atoms with E-state index < -0.39 is 0 Å². The van der Waals surface area contributed by atoms with E-state index in [1.165, 1.54) is 4.68 Å². The Kier molecular flexibility index (Phi) is 5.76. The van der Waals surface area contributed by atoms with E-state index in [9.17, 15) is 9.59 Å². The highest BCUT2D eigenvalue weighted by molar-refractivity contribution is 5.78. The van der Waals surface area contributed by atoms with Gasteiger partial charge < -0.3 is 10.2 Å². The zero-order chi connectivity index (χ0) is 17.0. The summed E-state index contributed by atoms with van der Waals surface area (Å²) in [6.45, 7) is 6.98. The quantitative estimate of drug-likeness (QED) is 0.802. The van der Waals surface area contributed by atoms with Crippen molar-refractivity contribution in [2.75, 3.05) is 38.1 Å². The Balaban J connectivity index is 1.80. The molecule has 0 spiro atoms. The van der Waals surface area contributed by atoms with Crippen molar-refractivity contribution >= 4 is 11.6 Å². The monoisotopic (exact) mass is 321 g/mol. The Morgan fingerprint density at radius 2 is 2.26 bits per heavy atom. The number of aryl methyl sites for hydroxylation is 1. The van der Waals surface area contributed by atoms with E-state index in [1.54, 1.807) is 19.3 Å². The van der Waals surface area contributed by atoms with Crippen molar-refractivity contribution in [1.82, 2.24) is 20.0 Å². The van der Waals surface area contributed by atoms with E-state index in [2.05, 4.69) is 29.2 Å². The van der Waals surface area contributed by atoms with Crippen molar-refractivity contribution in [3.8, 4) is 0 Å². The van der Waals surface area contributed by atoms with Gasteiger partial charge in [-0.2, -0.15) is 5.10 Å². The Bertz CT molecular complexity index is 598. The average molecular weight is 321 g/mol. The number of nitrogens with zero attached hydrogens (tertiary/aromatic N) is 4. The molecule has 23 heavy (non-hydrogen) atoms. The lowest BCUT2D eigenvalue weighted by atomic mass is 10.1. The topological polar surface area (TPSA) is 70.5 Å². The third kappa shape index (κ3) is 4.79. The molecule has 1 aliphatic heterocycles. The fraction of sp³-hybridized carbons (Fsp3) is 0.688. The molecular formula is C16H27N5O2. The van der Waals surface area contributed by atoms with Crippen molar-refractivity contribution < 1.29 is 4.79 Å². The standard InChI is InChI=1S/C16H27N5O2/c1-12(2)19(3)11-15(22)17-8-13-5-6-21(10-13)14-7-16(23)20(4)18-9-14/h7,9,12-13H,5-6,8,10-11H2,1-4H3,(H,17,22)/t13-/m0/s1. The maximum Gasteiger partial charge on any atom is 0.268 e. The zero-order valence-electron chi connectivity index (χ0n) is 14.5. The average Bonchev–Trinajstić information content (AvgIpc) is 2.96. The fourth-order valence-corrected chi connectivity index (χ4v) is 2.59. The molecule has 2 heterocycles. The number of carbonyl (C=O) groups is 1. The molecule has 2 rings (SSSR count). The molecule has 128 valence electrons.